The Morgan fingerprint density at radius 3 is 3.15 bits per heavy atom. The number of aromatic nitrogens is 2. The monoisotopic (exact) mass is 298 g/mol. The minimum Gasteiger partial charge on any atom is -0.318 e. The minimum absolute atomic E-state index is 0.326. The van der Waals surface area contributed by atoms with Crippen molar-refractivity contribution < 1.29 is 8.42 Å². The Morgan fingerprint density at radius 2 is 2.35 bits per heavy atom. The van der Waals surface area contributed by atoms with Crippen LogP contribution >= 0.6 is 0 Å². The first-order valence-electron chi connectivity index (χ1n) is 7.41. The molecule has 3 heterocycles. The normalized spacial score (nSPS) is 22.9. The fourth-order valence-electron chi connectivity index (χ4n) is 3.09. The smallest absolute Gasteiger partial charge is 0.257 e. The number of sulfonamides is 1. The number of aryl methyl sites for hydroxylation is 1. The summed E-state index contributed by atoms with van der Waals surface area (Å²) in [7, 11) is -3.41. The molecule has 20 heavy (non-hydrogen) atoms. The lowest BCUT2D eigenvalue weighted by Crippen LogP contribution is -2.33. The van der Waals surface area contributed by atoms with Crippen LogP contribution in [0, 0.1) is 5.92 Å². The summed E-state index contributed by atoms with van der Waals surface area (Å²) in [5.74, 6) is 1.48. The van der Waals surface area contributed by atoms with Gasteiger partial charge in [0, 0.05) is 19.5 Å². The number of nitrogens with zero attached hydrogens (tertiary/aromatic N) is 2. The zero-order valence-electron chi connectivity index (χ0n) is 11.6. The maximum atomic E-state index is 12.3. The molecule has 1 aromatic rings. The molecule has 0 saturated carbocycles. The molecule has 1 saturated heterocycles. The summed E-state index contributed by atoms with van der Waals surface area (Å²) in [6, 6.07) is 0. The van der Waals surface area contributed by atoms with Crippen molar-refractivity contribution in [2.24, 2.45) is 5.92 Å². The van der Waals surface area contributed by atoms with Gasteiger partial charge in [0.1, 0.15) is 5.82 Å². The van der Waals surface area contributed by atoms with Crippen molar-refractivity contribution in [1.29, 1.82) is 0 Å². The van der Waals surface area contributed by atoms with E-state index < -0.39 is 10.0 Å². The van der Waals surface area contributed by atoms with Crippen molar-refractivity contribution in [3.8, 4) is 0 Å². The Hall–Kier alpha value is -0.920. The van der Waals surface area contributed by atoms with Gasteiger partial charge in [-0.2, -0.15) is 0 Å². The average Bonchev–Trinajstić information content (AvgIpc) is 3.01. The second-order valence-corrected chi connectivity index (χ2v) is 7.38. The van der Waals surface area contributed by atoms with Crippen molar-refractivity contribution >= 4 is 10.0 Å². The zero-order valence-corrected chi connectivity index (χ0v) is 12.5. The van der Waals surface area contributed by atoms with Gasteiger partial charge >= 0.3 is 0 Å². The van der Waals surface area contributed by atoms with E-state index in [1.54, 1.807) is 0 Å². The van der Waals surface area contributed by atoms with Gasteiger partial charge < -0.3 is 9.88 Å². The van der Waals surface area contributed by atoms with E-state index in [1.807, 2.05) is 4.57 Å². The summed E-state index contributed by atoms with van der Waals surface area (Å²) in [4.78, 5) is 4.19. The fraction of sp³-hybridized carbons (Fsp3) is 0.769. The van der Waals surface area contributed by atoms with Gasteiger partial charge in [-0.15, -0.1) is 0 Å². The number of hydrogen-bond donors (Lipinski definition) is 2. The molecule has 0 aliphatic carbocycles. The molecule has 6 nitrogen and oxygen atoms in total. The molecule has 2 N–H and O–H groups in total. The molecule has 0 amide bonds. The van der Waals surface area contributed by atoms with E-state index in [9.17, 15) is 8.42 Å². The van der Waals surface area contributed by atoms with Crippen LogP contribution in [0.5, 0.6) is 0 Å². The molecule has 3 rings (SSSR count). The molecule has 112 valence electrons. The number of piperidine rings is 1. The van der Waals surface area contributed by atoms with Crippen LogP contribution < -0.4 is 10.0 Å². The van der Waals surface area contributed by atoms with Crippen LogP contribution in [0.2, 0.25) is 0 Å². The average molecular weight is 298 g/mol. The lowest BCUT2D eigenvalue weighted by atomic mass is 9.96. The van der Waals surface area contributed by atoms with Gasteiger partial charge in [0.15, 0.2) is 5.03 Å². The van der Waals surface area contributed by atoms with Crippen LogP contribution in [0.15, 0.2) is 11.2 Å². The highest BCUT2D eigenvalue weighted by atomic mass is 32.2. The molecular weight excluding hydrogens is 276 g/mol. The van der Waals surface area contributed by atoms with E-state index in [1.165, 1.54) is 19.0 Å². The molecule has 0 aromatic carbocycles. The van der Waals surface area contributed by atoms with E-state index in [2.05, 4.69) is 15.0 Å². The number of imidazole rings is 1. The topological polar surface area (TPSA) is 76.0 Å². The van der Waals surface area contributed by atoms with Crippen LogP contribution in [-0.4, -0.2) is 37.6 Å². The van der Waals surface area contributed by atoms with Crippen molar-refractivity contribution in [2.75, 3.05) is 19.6 Å². The fourth-order valence-corrected chi connectivity index (χ4v) is 4.30. The summed E-state index contributed by atoms with van der Waals surface area (Å²) in [6.07, 6.45) is 6.62. The van der Waals surface area contributed by atoms with Crippen molar-refractivity contribution in [2.45, 2.75) is 43.7 Å². The molecule has 2 aliphatic heterocycles. The second-order valence-electron chi connectivity index (χ2n) is 5.67. The van der Waals surface area contributed by atoms with E-state index in [4.69, 9.17) is 0 Å². The van der Waals surface area contributed by atoms with Crippen LogP contribution in [0.25, 0.3) is 0 Å². The van der Waals surface area contributed by atoms with E-state index in [0.717, 1.165) is 44.7 Å². The van der Waals surface area contributed by atoms with Gasteiger partial charge in [0.05, 0.1) is 6.20 Å². The maximum absolute atomic E-state index is 12.3. The third-order valence-electron chi connectivity index (χ3n) is 4.20. The van der Waals surface area contributed by atoms with Crippen LogP contribution in [0.1, 0.15) is 31.5 Å². The molecule has 1 atom stereocenters. The van der Waals surface area contributed by atoms with E-state index in [0.29, 0.717) is 17.5 Å². The Balaban J connectivity index is 1.58. The van der Waals surface area contributed by atoms with Gasteiger partial charge in [-0.1, -0.05) is 0 Å². The second kappa shape index (κ2) is 5.83. The molecule has 0 bridgehead atoms. The van der Waals surface area contributed by atoms with Gasteiger partial charge in [-0.3, -0.25) is 0 Å². The van der Waals surface area contributed by atoms with Gasteiger partial charge in [-0.05, 0) is 44.7 Å². The number of nitrogens with one attached hydrogen (secondary N) is 2. The van der Waals surface area contributed by atoms with Crippen molar-refractivity contribution in [3.05, 3.63) is 12.0 Å². The maximum Gasteiger partial charge on any atom is 0.257 e. The lowest BCUT2D eigenvalue weighted by molar-refractivity contribution is 0.358. The van der Waals surface area contributed by atoms with E-state index in [-0.39, 0.29) is 0 Å². The Morgan fingerprint density at radius 1 is 1.45 bits per heavy atom. The molecule has 1 aromatic heterocycles. The zero-order chi connectivity index (χ0) is 14.0. The molecule has 2 aliphatic rings. The summed E-state index contributed by atoms with van der Waals surface area (Å²) in [5.41, 5.74) is 0. The summed E-state index contributed by atoms with van der Waals surface area (Å²) >= 11 is 0. The minimum atomic E-state index is -3.41. The van der Waals surface area contributed by atoms with Gasteiger partial charge in [0.2, 0.25) is 0 Å². The van der Waals surface area contributed by atoms with Crippen molar-refractivity contribution in [1.82, 2.24) is 19.6 Å². The molecular formula is C13H22N4O2S. The van der Waals surface area contributed by atoms with Crippen LogP contribution in [0.3, 0.4) is 0 Å². The summed E-state index contributed by atoms with van der Waals surface area (Å²) in [5, 5.41) is 3.68. The first-order valence-corrected chi connectivity index (χ1v) is 8.90. The largest absolute Gasteiger partial charge is 0.318 e. The van der Waals surface area contributed by atoms with Gasteiger partial charge in [-0.25, -0.2) is 18.1 Å². The molecule has 1 fully saturated rings. The van der Waals surface area contributed by atoms with Gasteiger partial charge in [0.25, 0.3) is 10.0 Å². The standard InChI is InChI=1S/C13H22N4O2S/c18-20(19,13-10-15-12-4-2-8-17(12)13)16-7-5-11-3-1-6-14-9-11/h10-11,14,16H,1-9H2. The summed E-state index contributed by atoms with van der Waals surface area (Å²) < 4.78 is 29.2. The summed E-state index contributed by atoms with van der Waals surface area (Å²) in [6.45, 7) is 3.36. The Kier molecular flexibility index (Phi) is 4.09. The number of rotatable bonds is 5. The first-order chi connectivity index (χ1) is 9.67. The highest BCUT2D eigenvalue weighted by Crippen LogP contribution is 2.20. The predicted molar refractivity (Wildman–Crippen MR) is 75.9 cm³/mol. The molecule has 7 heteroatoms. The number of hydrogen-bond acceptors (Lipinski definition) is 4. The van der Waals surface area contributed by atoms with Crippen LogP contribution in [0.4, 0.5) is 0 Å². The molecule has 1 unspecified atom stereocenters. The third-order valence-corrected chi connectivity index (χ3v) is 5.66. The molecule has 0 spiro atoms. The number of fused-ring (bicyclic) bond motifs is 1. The quantitative estimate of drug-likeness (QED) is 0.830. The Bertz CT molecular complexity index is 561. The predicted octanol–water partition coefficient (Wildman–Crippen LogP) is 0.497. The van der Waals surface area contributed by atoms with Crippen LogP contribution in [-0.2, 0) is 23.0 Å². The SMILES string of the molecule is O=S(=O)(NCCC1CCCNC1)c1cnc2n1CCC2. The third kappa shape index (κ3) is 2.89. The van der Waals surface area contributed by atoms with E-state index >= 15 is 0 Å². The first kappa shape index (κ1) is 14.0. The Labute approximate surface area is 120 Å². The highest BCUT2D eigenvalue weighted by Gasteiger charge is 2.25. The molecule has 0 radical (unpaired) electrons. The van der Waals surface area contributed by atoms with Crippen molar-refractivity contribution in [3.63, 3.8) is 0 Å². The highest BCUT2D eigenvalue weighted by molar-refractivity contribution is 7.89. The lowest BCUT2D eigenvalue weighted by Gasteiger charge is -2.22.